The van der Waals surface area contributed by atoms with Crippen molar-refractivity contribution >= 4 is 29.1 Å². The van der Waals surface area contributed by atoms with Gasteiger partial charge in [0.2, 0.25) is 23.8 Å². The van der Waals surface area contributed by atoms with Crippen LogP contribution in [0.3, 0.4) is 0 Å². The molecule has 0 radical (unpaired) electrons. The molecule has 12 nitrogen and oxygen atoms in total. The summed E-state index contributed by atoms with van der Waals surface area (Å²) in [6, 6.07) is 15.4. The van der Waals surface area contributed by atoms with Crippen molar-refractivity contribution in [2.45, 2.75) is 13.2 Å². The SMILES string of the molecule is COc1cc([C@@H]2OC(c3ccc(NC(=O)c4cccc([N+](=O)[O-])c4)cc3)=NN2C(C)=O)cc(OC)c1OC. The van der Waals surface area contributed by atoms with Crippen LogP contribution in [-0.2, 0) is 9.53 Å². The van der Waals surface area contributed by atoms with Crippen LogP contribution in [0.5, 0.6) is 17.2 Å². The van der Waals surface area contributed by atoms with Gasteiger partial charge in [0.25, 0.3) is 11.6 Å². The van der Waals surface area contributed by atoms with Crippen molar-refractivity contribution < 1.29 is 33.5 Å². The first-order valence-electron chi connectivity index (χ1n) is 11.3. The highest BCUT2D eigenvalue weighted by molar-refractivity contribution is 6.05. The predicted molar refractivity (Wildman–Crippen MR) is 136 cm³/mol. The third-order valence-electron chi connectivity index (χ3n) is 5.65. The topological polar surface area (TPSA) is 142 Å². The number of hydrazone groups is 1. The standard InChI is InChI=1S/C26H24N4O8/c1-15(31)29-26(18-13-21(35-2)23(37-4)22(14-18)36-3)38-25(28-29)16-8-10-19(11-9-16)27-24(32)17-6-5-7-20(12-17)30(33)34/h5-14,26H,1-4H3,(H,27,32)/t26-/m0/s1. The van der Waals surface area contributed by atoms with E-state index in [2.05, 4.69) is 10.4 Å². The zero-order valence-corrected chi connectivity index (χ0v) is 21.0. The smallest absolute Gasteiger partial charge is 0.270 e. The van der Waals surface area contributed by atoms with Crippen LogP contribution in [0.2, 0.25) is 0 Å². The zero-order valence-electron chi connectivity index (χ0n) is 21.0. The number of hydrogen-bond acceptors (Lipinski definition) is 9. The highest BCUT2D eigenvalue weighted by atomic mass is 16.6. The molecule has 1 heterocycles. The molecular formula is C26H24N4O8. The monoisotopic (exact) mass is 520 g/mol. The van der Waals surface area contributed by atoms with E-state index in [-0.39, 0.29) is 23.1 Å². The van der Waals surface area contributed by atoms with Crippen LogP contribution in [0.4, 0.5) is 11.4 Å². The molecule has 0 spiro atoms. The summed E-state index contributed by atoms with van der Waals surface area (Å²) in [5.41, 5.74) is 1.53. The summed E-state index contributed by atoms with van der Waals surface area (Å²) < 4.78 is 22.2. The molecule has 0 aliphatic carbocycles. The van der Waals surface area contributed by atoms with Gasteiger partial charge in [-0.25, -0.2) is 0 Å². The number of nitrogens with zero attached hydrogens (tertiary/aromatic N) is 3. The number of ether oxygens (including phenoxy) is 4. The number of hydrogen-bond donors (Lipinski definition) is 1. The Bertz CT molecular complexity index is 1400. The van der Waals surface area contributed by atoms with Gasteiger partial charge < -0.3 is 24.3 Å². The predicted octanol–water partition coefficient (Wildman–Crippen LogP) is 4.11. The zero-order chi connectivity index (χ0) is 27.4. The van der Waals surface area contributed by atoms with Crippen molar-refractivity contribution in [3.8, 4) is 17.2 Å². The van der Waals surface area contributed by atoms with E-state index in [0.717, 1.165) is 0 Å². The number of amides is 2. The molecule has 0 unspecified atom stereocenters. The van der Waals surface area contributed by atoms with Crippen molar-refractivity contribution in [3.05, 3.63) is 87.5 Å². The number of benzene rings is 3. The fourth-order valence-corrected chi connectivity index (χ4v) is 3.80. The second-order valence-corrected chi connectivity index (χ2v) is 8.04. The maximum Gasteiger partial charge on any atom is 0.270 e. The Morgan fingerprint density at radius 1 is 1.00 bits per heavy atom. The number of carbonyl (C=O) groups is 2. The Hall–Kier alpha value is -5.13. The first kappa shape index (κ1) is 25.9. The molecule has 3 aromatic carbocycles. The third-order valence-corrected chi connectivity index (χ3v) is 5.65. The van der Waals surface area contributed by atoms with Crippen LogP contribution in [0.15, 0.2) is 65.8 Å². The minimum Gasteiger partial charge on any atom is -0.493 e. The van der Waals surface area contributed by atoms with E-state index in [1.54, 1.807) is 36.4 Å². The second kappa shape index (κ2) is 10.9. The number of non-ortho nitro benzene ring substituents is 1. The molecule has 0 saturated carbocycles. The van der Waals surface area contributed by atoms with Gasteiger partial charge in [-0.3, -0.25) is 19.7 Å². The molecule has 0 fully saturated rings. The lowest BCUT2D eigenvalue weighted by Crippen LogP contribution is -2.25. The maximum absolute atomic E-state index is 12.5. The molecule has 1 N–H and O–H groups in total. The molecule has 3 aromatic rings. The van der Waals surface area contributed by atoms with Gasteiger partial charge in [0.15, 0.2) is 11.5 Å². The molecule has 1 aliphatic rings. The molecule has 0 bridgehead atoms. The number of nitro groups is 1. The molecule has 2 amide bonds. The number of carbonyl (C=O) groups excluding carboxylic acids is 2. The lowest BCUT2D eigenvalue weighted by atomic mass is 10.1. The lowest BCUT2D eigenvalue weighted by molar-refractivity contribution is -0.384. The van der Waals surface area contributed by atoms with Crippen LogP contribution in [0, 0.1) is 10.1 Å². The van der Waals surface area contributed by atoms with E-state index in [0.29, 0.717) is 34.1 Å². The molecule has 0 saturated heterocycles. The molecule has 38 heavy (non-hydrogen) atoms. The van der Waals surface area contributed by atoms with Gasteiger partial charge in [0.1, 0.15) is 0 Å². The first-order valence-corrected chi connectivity index (χ1v) is 11.3. The molecule has 1 atom stereocenters. The normalized spacial score (nSPS) is 14.3. The molecule has 1 aliphatic heterocycles. The van der Waals surface area contributed by atoms with Crippen LogP contribution in [-0.4, -0.2) is 49.0 Å². The van der Waals surface area contributed by atoms with Crippen molar-refractivity contribution in [2.24, 2.45) is 5.10 Å². The second-order valence-electron chi connectivity index (χ2n) is 8.04. The van der Waals surface area contributed by atoms with E-state index in [1.807, 2.05) is 0 Å². The van der Waals surface area contributed by atoms with Gasteiger partial charge in [-0.2, -0.15) is 5.01 Å². The summed E-state index contributed by atoms with van der Waals surface area (Å²) in [6.07, 6.45) is -0.885. The Labute approximate surface area is 217 Å². The minimum absolute atomic E-state index is 0.150. The quantitative estimate of drug-likeness (QED) is 0.345. The van der Waals surface area contributed by atoms with Crippen molar-refractivity contribution in [3.63, 3.8) is 0 Å². The molecule has 196 valence electrons. The number of nitro benzene ring substituents is 1. The lowest BCUT2D eigenvalue weighted by Gasteiger charge is -2.21. The fraction of sp³-hybridized carbons (Fsp3) is 0.192. The van der Waals surface area contributed by atoms with E-state index < -0.39 is 17.1 Å². The third kappa shape index (κ3) is 5.19. The number of nitrogens with one attached hydrogen (secondary N) is 1. The summed E-state index contributed by atoms with van der Waals surface area (Å²) in [6.45, 7) is 1.37. The number of rotatable bonds is 8. The van der Waals surface area contributed by atoms with Gasteiger partial charge >= 0.3 is 0 Å². The number of anilines is 1. The van der Waals surface area contributed by atoms with E-state index >= 15 is 0 Å². The van der Waals surface area contributed by atoms with Gasteiger partial charge in [-0.1, -0.05) is 6.07 Å². The van der Waals surface area contributed by atoms with Crippen LogP contribution in [0.25, 0.3) is 0 Å². The molecule has 0 aromatic heterocycles. The molecule has 4 rings (SSSR count). The average molecular weight is 520 g/mol. The van der Waals surface area contributed by atoms with Crippen molar-refractivity contribution in [1.82, 2.24) is 5.01 Å². The Morgan fingerprint density at radius 3 is 2.21 bits per heavy atom. The summed E-state index contributed by atoms with van der Waals surface area (Å²) in [5.74, 6) is 0.531. The highest BCUT2D eigenvalue weighted by Crippen LogP contribution is 2.42. The van der Waals surface area contributed by atoms with Gasteiger partial charge in [-0.05, 0) is 42.5 Å². The van der Waals surface area contributed by atoms with Crippen molar-refractivity contribution in [2.75, 3.05) is 26.6 Å². The van der Waals surface area contributed by atoms with Gasteiger partial charge in [0.05, 0.1) is 26.3 Å². The largest absolute Gasteiger partial charge is 0.493 e. The first-order chi connectivity index (χ1) is 18.2. The fourth-order valence-electron chi connectivity index (χ4n) is 3.80. The summed E-state index contributed by atoms with van der Waals surface area (Å²) in [4.78, 5) is 35.3. The Morgan fingerprint density at radius 2 is 1.66 bits per heavy atom. The molecular weight excluding hydrogens is 496 g/mol. The average Bonchev–Trinajstić information content (AvgIpc) is 3.38. The van der Waals surface area contributed by atoms with Gasteiger partial charge in [-0.15, -0.1) is 5.10 Å². The number of methoxy groups -OCH3 is 3. The van der Waals surface area contributed by atoms with Crippen molar-refractivity contribution in [1.29, 1.82) is 0 Å². The highest BCUT2D eigenvalue weighted by Gasteiger charge is 2.34. The van der Waals surface area contributed by atoms with Gasteiger partial charge in [0, 0.05) is 41.4 Å². The summed E-state index contributed by atoms with van der Waals surface area (Å²) in [7, 11) is 4.46. The van der Waals surface area contributed by atoms with Crippen LogP contribution >= 0.6 is 0 Å². The minimum atomic E-state index is -0.885. The molecule has 12 heteroatoms. The van der Waals surface area contributed by atoms with Crippen LogP contribution < -0.4 is 19.5 Å². The van der Waals surface area contributed by atoms with E-state index in [4.69, 9.17) is 18.9 Å². The Kier molecular flexibility index (Phi) is 7.42. The maximum atomic E-state index is 12.5. The summed E-state index contributed by atoms with van der Waals surface area (Å²) >= 11 is 0. The summed E-state index contributed by atoms with van der Waals surface area (Å²) in [5, 5.41) is 19.2. The van der Waals surface area contributed by atoms with Crippen LogP contribution in [0.1, 0.15) is 34.6 Å². The Balaban J connectivity index is 1.55. The van der Waals surface area contributed by atoms with E-state index in [9.17, 15) is 19.7 Å². The van der Waals surface area contributed by atoms with E-state index in [1.165, 1.54) is 57.5 Å².